The monoisotopic (exact) mass is 271 g/mol. The summed E-state index contributed by atoms with van der Waals surface area (Å²) >= 11 is 1.78. The third kappa shape index (κ3) is 2.90. The van der Waals surface area contributed by atoms with E-state index >= 15 is 0 Å². The molecule has 1 aliphatic rings. The minimum Gasteiger partial charge on any atom is -0.310 e. The van der Waals surface area contributed by atoms with Gasteiger partial charge in [0.15, 0.2) is 0 Å². The third-order valence-electron chi connectivity index (χ3n) is 4.21. The molecule has 1 N–H and O–H groups in total. The highest BCUT2D eigenvalue weighted by atomic mass is 32.1. The lowest BCUT2D eigenvalue weighted by molar-refractivity contribution is 0.473. The van der Waals surface area contributed by atoms with Gasteiger partial charge in [-0.25, -0.2) is 0 Å². The van der Waals surface area contributed by atoms with Crippen LogP contribution in [0.4, 0.5) is 0 Å². The van der Waals surface area contributed by atoms with Gasteiger partial charge < -0.3 is 5.32 Å². The molecule has 0 aliphatic heterocycles. The molecular weight excluding hydrogens is 250 g/mol. The van der Waals surface area contributed by atoms with Crippen LogP contribution >= 0.6 is 11.3 Å². The normalized spacial score (nSPS) is 19.9. The zero-order valence-electron chi connectivity index (χ0n) is 11.4. The summed E-state index contributed by atoms with van der Waals surface area (Å²) in [5.41, 5.74) is 4.54. The number of fused-ring (bicyclic) bond motifs is 1. The fourth-order valence-corrected chi connectivity index (χ4v) is 3.78. The van der Waals surface area contributed by atoms with Gasteiger partial charge in [-0.2, -0.15) is 11.3 Å². The van der Waals surface area contributed by atoms with E-state index in [1.807, 2.05) is 0 Å². The molecule has 2 aromatic rings. The zero-order chi connectivity index (χ0) is 13.1. The van der Waals surface area contributed by atoms with Crippen LogP contribution in [0.25, 0.3) is 0 Å². The van der Waals surface area contributed by atoms with Gasteiger partial charge in [-0.05, 0) is 65.6 Å². The lowest BCUT2D eigenvalue weighted by Crippen LogP contribution is -2.26. The Labute approximate surface area is 119 Å². The summed E-state index contributed by atoms with van der Waals surface area (Å²) in [5, 5.41) is 8.10. The first-order valence-corrected chi connectivity index (χ1v) is 8.12. The largest absolute Gasteiger partial charge is 0.310 e. The van der Waals surface area contributed by atoms with Crippen molar-refractivity contribution in [2.75, 3.05) is 6.54 Å². The SMILES string of the molecule is CC(NCC1CCCc2ccccc21)c1ccsc1. The predicted octanol–water partition coefficient (Wildman–Crippen LogP) is 4.52. The van der Waals surface area contributed by atoms with Crippen molar-refractivity contribution in [1.29, 1.82) is 0 Å². The van der Waals surface area contributed by atoms with Crippen molar-refractivity contribution >= 4 is 11.3 Å². The zero-order valence-corrected chi connectivity index (χ0v) is 12.2. The summed E-state index contributed by atoms with van der Waals surface area (Å²) in [4.78, 5) is 0. The van der Waals surface area contributed by atoms with Gasteiger partial charge in [-0.15, -0.1) is 0 Å². The van der Waals surface area contributed by atoms with E-state index in [1.165, 1.54) is 24.8 Å². The number of hydrogen-bond donors (Lipinski definition) is 1. The van der Waals surface area contributed by atoms with Crippen molar-refractivity contribution in [2.24, 2.45) is 0 Å². The summed E-state index contributed by atoms with van der Waals surface area (Å²) in [6, 6.07) is 11.6. The number of aryl methyl sites for hydroxylation is 1. The summed E-state index contributed by atoms with van der Waals surface area (Å²) < 4.78 is 0. The molecule has 19 heavy (non-hydrogen) atoms. The standard InChI is InChI=1S/C17H21NS/c1-13(16-9-10-19-12-16)18-11-15-7-4-6-14-5-2-3-8-17(14)15/h2-3,5,8-10,12-13,15,18H,4,6-7,11H2,1H3. The van der Waals surface area contributed by atoms with E-state index in [1.54, 1.807) is 22.5 Å². The van der Waals surface area contributed by atoms with Crippen LogP contribution in [0.1, 0.15) is 48.4 Å². The van der Waals surface area contributed by atoms with Crippen LogP contribution in [-0.2, 0) is 6.42 Å². The molecule has 2 heteroatoms. The van der Waals surface area contributed by atoms with Gasteiger partial charge in [-0.1, -0.05) is 24.3 Å². The minimum absolute atomic E-state index is 0.459. The Hall–Kier alpha value is -1.12. The second kappa shape index (κ2) is 5.89. The quantitative estimate of drug-likeness (QED) is 0.862. The lowest BCUT2D eigenvalue weighted by atomic mass is 9.83. The second-order valence-electron chi connectivity index (χ2n) is 5.47. The number of hydrogen-bond acceptors (Lipinski definition) is 2. The molecule has 0 amide bonds. The first-order valence-electron chi connectivity index (χ1n) is 7.18. The Kier molecular flexibility index (Phi) is 4.00. The number of benzene rings is 1. The van der Waals surface area contributed by atoms with Crippen LogP contribution in [0.3, 0.4) is 0 Å². The maximum atomic E-state index is 3.70. The Morgan fingerprint density at radius 1 is 1.32 bits per heavy atom. The molecule has 0 saturated carbocycles. The van der Waals surface area contributed by atoms with Crippen molar-refractivity contribution in [2.45, 2.75) is 38.1 Å². The highest BCUT2D eigenvalue weighted by Crippen LogP contribution is 2.31. The lowest BCUT2D eigenvalue weighted by Gasteiger charge is -2.27. The maximum Gasteiger partial charge on any atom is 0.0300 e. The fraction of sp³-hybridized carbons (Fsp3) is 0.412. The molecule has 1 heterocycles. The van der Waals surface area contributed by atoms with E-state index in [-0.39, 0.29) is 0 Å². The van der Waals surface area contributed by atoms with Gasteiger partial charge in [-0.3, -0.25) is 0 Å². The van der Waals surface area contributed by atoms with Crippen molar-refractivity contribution in [3.05, 3.63) is 57.8 Å². The minimum atomic E-state index is 0.459. The predicted molar refractivity (Wildman–Crippen MR) is 82.9 cm³/mol. The molecule has 1 nitrogen and oxygen atoms in total. The second-order valence-corrected chi connectivity index (χ2v) is 6.25. The van der Waals surface area contributed by atoms with Crippen molar-refractivity contribution in [1.82, 2.24) is 5.32 Å². The van der Waals surface area contributed by atoms with Crippen molar-refractivity contribution in [3.63, 3.8) is 0 Å². The first kappa shape index (κ1) is 12.9. The van der Waals surface area contributed by atoms with E-state index < -0.39 is 0 Å². The summed E-state index contributed by atoms with van der Waals surface area (Å²) in [7, 11) is 0. The maximum absolute atomic E-state index is 3.70. The van der Waals surface area contributed by atoms with E-state index in [0.717, 1.165) is 6.54 Å². The van der Waals surface area contributed by atoms with Gasteiger partial charge in [0.05, 0.1) is 0 Å². The molecule has 0 saturated heterocycles. The van der Waals surface area contributed by atoms with Gasteiger partial charge in [0.25, 0.3) is 0 Å². The van der Waals surface area contributed by atoms with Crippen molar-refractivity contribution in [3.8, 4) is 0 Å². The molecule has 1 aliphatic carbocycles. The molecule has 3 rings (SSSR count). The Morgan fingerprint density at radius 3 is 3.05 bits per heavy atom. The average Bonchev–Trinajstić information content (AvgIpc) is 2.99. The van der Waals surface area contributed by atoms with Gasteiger partial charge in [0, 0.05) is 12.6 Å². The molecule has 100 valence electrons. The van der Waals surface area contributed by atoms with Crippen LogP contribution < -0.4 is 5.32 Å². The molecule has 0 fully saturated rings. The number of rotatable bonds is 4. The van der Waals surface area contributed by atoms with Gasteiger partial charge >= 0.3 is 0 Å². The molecule has 2 atom stereocenters. The highest BCUT2D eigenvalue weighted by molar-refractivity contribution is 7.07. The summed E-state index contributed by atoms with van der Waals surface area (Å²) in [6.45, 7) is 3.35. The van der Waals surface area contributed by atoms with E-state index in [0.29, 0.717) is 12.0 Å². The number of nitrogens with one attached hydrogen (secondary N) is 1. The molecule has 0 bridgehead atoms. The molecule has 0 radical (unpaired) electrons. The summed E-state index contributed by atoms with van der Waals surface area (Å²) in [5.74, 6) is 0.686. The Bertz CT molecular complexity index is 518. The van der Waals surface area contributed by atoms with Crippen molar-refractivity contribution < 1.29 is 0 Å². The molecule has 1 aromatic carbocycles. The average molecular weight is 271 g/mol. The molecule has 1 aromatic heterocycles. The topological polar surface area (TPSA) is 12.0 Å². The van der Waals surface area contributed by atoms with Gasteiger partial charge in [0.2, 0.25) is 0 Å². The molecule has 2 unspecified atom stereocenters. The smallest absolute Gasteiger partial charge is 0.0300 e. The van der Waals surface area contributed by atoms with Crippen LogP contribution in [0.15, 0.2) is 41.1 Å². The summed E-state index contributed by atoms with van der Waals surface area (Å²) in [6.07, 6.45) is 3.91. The van der Waals surface area contributed by atoms with E-state index in [4.69, 9.17) is 0 Å². The number of thiophene rings is 1. The molecule has 0 spiro atoms. The Balaban J connectivity index is 1.65. The fourth-order valence-electron chi connectivity index (χ4n) is 3.02. The first-order chi connectivity index (χ1) is 9.34. The third-order valence-corrected chi connectivity index (χ3v) is 4.91. The Morgan fingerprint density at radius 2 is 2.21 bits per heavy atom. The molecular formula is C17H21NS. The van der Waals surface area contributed by atoms with Crippen LogP contribution in [0.5, 0.6) is 0 Å². The highest BCUT2D eigenvalue weighted by Gasteiger charge is 2.20. The van der Waals surface area contributed by atoms with E-state index in [9.17, 15) is 0 Å². The van der Waals surface area contributed by atoms with Gasteiger partial charge in [0.1, 0.15) is 0 Å². The van der Waals surface area contributed by atoms with Crippen LogP contribution in [0.2, 0.25) is 0 Å². The van der Waals surface area contributed by atoms with Crippen LogP contribution in [0, 0.1) is 0 Å². The van der Waals surface area contributed by atoms with E-state index in [2.05, 4.69) is 53.3 Å². The van der Waals surface area contributed by atoms with Crippen LogP contribution in [-0.4, -0.2) is 6.54 Å².